The van der Waals surface area contributed by atoms with E-state index < -0.39 is 10.9 Å². The summed E-state index contributed by atoms with van der Waals surface area (Å²) in [4.78, 5) is 0. The molecule has 12 rings (SSSR count). The number of benzene rings is 8. The molecule has 0 nitrogen and oxygen atoms in total. The van der Waals surface area contributed by atoms with Gasteiger partial charge < -0.3 is 24.8 Å². The van der Waals surface area contributed by atoms with Gasteiger partial charge in [0.05, 0.1) is 0 Å². The van der Waals surface area contributed by atoms with Crippen LogP contribution in [0.2, 0.25) is 0 Å². The van der Waals surface area contributed by atoms with Crippen molar-refractivity contribution in [2.24, 2.45) is 0 Å². The molecule has 0 aliphatic heterocycles. The van der Waals surface area contributed by atoms with Crippen LogP contribution in [0.1, 0.15) is 168 Å². The van der Waals surface area contributed by atoms with Crippen molar-refractivity contribution >= 4 is 74.7 Å². The van der Waals surface area contributed by atoms with Gasteiger partial charge in [-0.25, -0.2) is 0 Å². The Hall–Kier alpha value is -5.02. The molecule has 0 fully saturated rings. The van der Waals surface area contributed by atoms with Gasteiger partial charge in [0.2, 0.25) is 0 Å². The van der Waals surface area contributed by atoms with Crippen LogP contribution in [0, 0.1) is 83.1 Å². The van der Waals surface area contributed by atoms with E-state index in [1.54, 1.807) is 46.7 Å². The fraction of sp³-hybridized carbons (Fsp3) is 0.286. The van der Waals surface area contributed by atoms with Crippen LogP contribution in [-0.2, 0) is 46.7 Å². The zero-order valence-corrected chi connectivity index (χ0v) is 66.0. The van der Waals surface area contributed by atoms with Gasteiger partial charge in [0.25, 0.3) is 0 Å². The molecule has 464 valence electrons. The summed E-state index contributed by atoms with van der Waals surface area (Å²) in [5, 5.41) is 17.8. The maximum atomic E-state index is 2.33. The van der Waals surface area contributed by atoms with E-state index in [2.05, 4.69) is 333 Å². The standard InChI is InChI=1S/4C15H19.2C12H10Si.2ClH.2Zr/c4*1-9(2)13-7-6-10(3)14-8-11(4)12(5)15(13)14;2*1-3-7-11(8-4-1)13-12-9-5-2-6-10-12;;;;/h4*6-9H,1-5H3;2*1-10H;2*1H;;/q4*-1;;;;;2*+2/p-2. The fourth-order valence-corrected chi connectivity index (χ4v) is 19.8. The summed E-state index contributed by atoms with van der Waals surface area (Å²) < 4.78 is 0. The predicted molar refractivity (Wildman–Crippen MR) is 387 cm³/mol. The van der Waals surface area contributed by atoms with Crippen molar-refractivity contribution in [2.75, 3.05) is 0 Å². The summed E-state index contributed by atoms with van der Waals surface area (Å²) in [5.74, 6) is 2.42. The first kappa shape index (κ1) is 75.7. The van der Waals surface area contributed by atoms with Crippen molar-refractivity contribution in [2.45, 2.75) is 162 Å². The van der Waals surface area contributed by atoms with Crippen LogP contribution in [0.3, 0.4) is 0 Å². The monoisotopic (exact) mass is 1410 g/mol. The molecule has 0 N–H and O–H groups in total. The summed E-state index contributed by atoms with van der Waals surface area (Å²) >= 11 is 3.29. The van der Waals surface area contributed by atoms with Crippen LogP contribution in [0.4, 0.5) is 0 Å². The van der Waals surface area contributed by atoms with E-state index in [4.69, 9.17) is 0 Å². The van der Waals surface area contributed by atoms with Gasteiger partial charge in [-0.3, -0.25) is 0 Å². The van der Waals surface area contributed by atoms with Crippen LogP contribution >= 0.6 is 0 Å². The molecule has 0 saturated heterocycles. The minimum atomic E-state index is -0.455. The molecular formula is C84H96Cl2Si2Zr2-2. The van der Waals surface area contributed by atoms with Gasteiger partial charge in [0, 0.05) is 0 Å². The Balaban J connectivity index is 0.000000196. The zero-order chi connectivity index (χ0) is 64.3. The van der Waals surface area contributed by atoms with Crippen LogP contribution in [0.25, 0.3) is 43.1 Å². The normalized spacial score (nSPS) is 10.8. The number of hydrogen-bond donors (Lipinski definition) is 0. The van der Waals surface area contributed by atoms with Gasteiger partial charge in [0.1, 0.15) is 0 Å². The van der Waals surface area contributed by atoms with Crippen molar-refractivity contribution in [3.05, 3.63) is 283 Å². The van der Waals surface area contributed by atoms with Crippen LogP contribution < -0.4 is 45.6 Å². The third-order valence-corrected chi connectivity index (χ3v) is 30.2. The molecular weight excluding hydrogens is 1320 g/mol. The Morgan fingerprint density at radius 2 is 0.422 bits per heavy atom. The van der Waals surface area contributed by atoms with E-state index in [1.807, 2.05) is 0 Å². The molecule has 0 atom stereocenters. The Labute approximate surface area is 585 Å². The predicted octanol–water partition coefficient (Wildman–Crippen LogP) is 15.1. The molecule has 90 heavy (non-hydrogen) atoms. The second-order valence-corrected chi connectivity index (χ2v) is 36.9. The average molecular weight is 1420 g/mol. The summed E-state index contributed by atoms with van der Waals surface area (Å²) in [5.41, 5.74) is 22.1. The van der Waals surface area contributed by atoms with E-state index >= 15 is 0 Å². The molecule has 0 aliphatic rings. The van der Waals surface area contributed by atoms with E-state index in [1.165, 1.54) is 153 Å². The van der Waals surface area contributed by atoms with Crippen molar-refractivity contribution in [1.82, 2.24) is 0 Å². The second-order valence-electron chi connectivity index (χ2n) is 25.7. The van der Waals surface area contributed by atoms with Gasteiger partial charge in [-0.2, -0.15) is 22.3 Å². The number of halogens is 2. The summed E-state index contributed by atoms with van der Waals surface area (Å²) in [7, 11) is 0. The van der Waals surface area contributed by atoms with Crippen LogP contribution in [-0.4, -0.2) is 10.9 Å². The Morgan fingerprint density at radius 1 is 0.256 bits per heavy atom. The first-order valence-electron chi connectivity index (χ1n) is 31.9. The van der Waals surface area contributed by atoms with Crippen molar-refractivity contribution in [3.8, 4) is 0 Å². The third-order valence-electron chi connectivity index (χ3n) is 18.0. The SMILES string of the molecule is Cc1[cH-]c2c(C)ccc(C(C)C)c2c1C.Cc1[cH-]c2c(C)ccc(C(C)C)c2c1C.Cc1[cH-]c2c(C)ccc(C(C)C)c2c1C.Cc1[cH-]c2c(C)ccc(C(C)C)c2c1C.[Cl-].[Cl-].[Zr+2]=[Si](c1ccccc1)c1ccccc1.[Zr+2]=[Si](c1ccccc1)c1ccccc1. The average Bonchev–Trinajstić information content (AvgIpc) is 1.71. The number of fused-ring (bicyclic) bond motifs is 4. The maximum absolute atomic E-state index is 2.33. The van der Waals surface area contributed by atoms with Gasteiger partial charge in [-0.05, 0) is 23.7 Å². The van der Waals surface area contributed by atoms with Crippen LogP contribution in [0.5, 0.6) is 0 Å². The Bertz CT molecular complexity index is 3750. The topological polar surface area (TPSA) is 0 Å². The van der Waals surface area contributed by atoms with Crippen molar-refractivity contribution in [1.29, 1.82) is 0 Å². The minimum absolute atomic E-state index is 0. The summed E-state index contributed by atoms with van der Waals surface area (Å²) in [6, 6.07) is 70.8. The van der Waals surface area contributed by atoms with Gasteiger partial charge in [-0.15, -0.1) is 136 Å². The van der Waals surface area contributed by atoms with E-state index in [-0.39, 0.29) is 24.8 Å². The first-order chi connectivity index (χ1) is 41.8. The Kier molecular flexibility index (Phi) is 29.2. The van der Waals surface area contributed by atoms with Gasteiger partial charge in [0.15, 0.2) is 0 Å². The molecule has 0 radical (unpaired) electrons. The van der Waals surface area contributed by atoms with E-state index in [9.17, 15) is 0 Å². The Morgan fingerprint density at radius 3 is 0.578 bits per heavy atom. The van der Waals surface area contributed by atoms with Crippen LogP contribution in [0.15, 0.2) is 194 Å². The molecule has 0 aliphatic carbocycles. The molecule has 0 heterocycles. The molecule has 12 aromatic rings. The molecule has 0 saturated carbocycles. The van der Waals surface area contributed by atoms with Crippen molar-refractivity contribution in [3.63, 3.8) is 0 Å². The van der Waals surface area contributed by atoms with Crippen molar-refractivity contribution < 1.29 is 71.5 Å². The molecule has 0 bridgehead atoms. The zero-order valence-electron chi connectivity index (χ0n) is 57.5. The summed E-state index contributed by atoms with van der Waals surface area (Å²) in [6.45, 7) is 44.7. The molecule has 0 aromatic heterocycles. The first-order valence-corrected chi connectivity index (χ1v) is 42.2. The third kappa shape index (κ3) is 18.2. The number of aryl methyl sites for hydroxylation is 12. The van der Waals surface area contributed by atoms with E-state index in [0.717, 1.165) is 0 Å². The fourth-order valence-electron chi connectivity index (χ4n) is 12.1. The molecule has 6 heteroatoms. The molecule has 0 unspecified atom stereocenters. The van der Waals surface area contributed by atoms with E-state index in [0.29, 0.717) is 23.7 Å². The molecule has 0 spiro atoms. The quantitative estimate of drug-likeness (QED) is 0.105. The van der Waals surface area contributed by atoms with Gasteiger partial charge >= 0.3 is 200 Å². The summed E-state index contributed by atoms with van der Waals surface area (Å²) in [6.07, 6.45) is 0. The number of rotatable bonds is 8. The molecule has 12 aromatic carbocycles. The second kappa shape index (κ2) is 34.8. The van der Waals surface area contributed by atoms with Gasteiger partial charge in [-0.1, -0.05) is 185 Å². The number of hydrogen-bond acceptors (Lipinski definition) is 0. The molecule has 0 amide bonds.